The van der Waals surface area contributed by atoms with Gasteiger partial charge in [-0.15, -0.1) is 0 Å². The van der Waals surface area contributed by atoms with Crippen LogP contribution in [0.25, 0.3) is 5.69 Å². The summed E-state index contributed by atoms with van der Waals surface area (Å²) >= 11 is 0. The van der Waals surface area contributed by atoms with Crippen LogP contribution < -0.4 is 15.0 Å². The summed E-state index contributed by atoms with van der Waals surface area (Å²) in [7, 11) is -2.03. The average molecular weight is 489 g/mol. The Bertz CT molecular complexity index is 1370. The number of benzene rings is 2. The van der Waals surface area contributed by atoms with Crippen LogP contribution in [-0.4, -0.2) is 48.4 Å². The quantitative estimate of drug-likeness (QED) is 0.464. The lowest BCUT2D eigenvalue weighted by Crippen LogP contribution is -2.30. The molecule has 3 aromatic rings. The van der Waals surface area contributed by atoms with Gasteiger partial charge in [0.05, 0.1) is 24.7 Å². The van der Waals surface area contributed by atoms with Gasteiger partial charge in [0, 0.05) is 6.42 Å². The summed E-state index contributed by atoms with van der Waals surface area (Å²) in [5, 5.41) is 20.1. The molecule has 0 aliphatic heterocycles. The van der Waals surface area contributed by atoms with E-state index in [-0.39, 0.29) is 29.4 Å². The lowest BCUT2D eigenvalue weighted by atomic mass is 10.2. The number of nitrogens with zero attached hydrogens (tertiary/aromatic N) is 2. The van der Waals surface area contributed by atoms with Crippen molar-refractivity contribution in [2.75, 3.05) is 14.2 Å². The first-order valence-electron chi connectivity index (χ1n) is 10.3. The number of rotatable bonds is 9. The third kappa shape index (κ3) is 4.34. The Hall–Kier alpha value is -3.86. The van der Waals surface area contributed by atoms with Gasteiger partial charge >= 0.3 is 5.97 Å². The van der Waals surface area contributed by atoms with Crippen LogP contribution in [-0.2, 0) is 16.3 Å². The third-order valence-electron chi connectivity index (χ3n) is 5.15. The van der Waals surface area contributed by atoms with Gasteiger partial charge in [-0.3, -0.25) is 9.36 Å². The molecular weight excluding hydrogens is 464 g/mol. The van der Waals surface area contributed by atoms with Crippen LogP contribution in [0.1, 0.15) is 35.9 Å². The van der Waals surface area contributed by atoms with Gasteiger partial charge in [-0.2, -0.15) is 4.98 Å². The SMILES string of the molecule is CCCCc1nc(O)c(S(=O)(=O)c2ccccc2C(=O)O)c(=O)n1-c1c(OC)cccc1OC. The molecule has 0 aliphatic rings. The molecule has 34 heavy (non-hydrogen) atoms. The summed E-state index contributed by atoms with van der Waals surface area (Å²) in [6, 6.07) is 9.58. The summed E-state index contributed by atoms with van der Waals surface area (Å²) in [6.07, 6.45) is 1.58. The molecule has 0 radical (unpaired) electrons. The van der Waals surface area contributed by atoms with Crippen molar-refractivity contribution >= 4 is 15.8 Å². The first kappa shape index (κ1) is 24.8. The second-order valence-corrected chi connectivity index (χ2v) is 9.10. The standard InChI is InChI=1S/C23H24N2O8S/c1-4-5-13-18-24-21(26)20(34(30,31)17-12-7-6-9-14(17)23(28)29)22(27)25(18)19-15(32-2)10-8-11-16(19)33-3/h6-12,26H,4-5,13H2,1-3H3,(H,28,29). The first-order chi connectivity index (χ1) is 16.2. The van der Waals surface area contributed by atoms with Gasteiger partial charge in [-0.05, 0) is 30.7 Å². The molecule has 10 nitrogen and oxygen atoms in total. The number of sulfone groups is 1. The van der Waals surface area contributed by atoms with Crippen LogP contribution in [0.2, 0.25) is 0 Å². The number of carboxylic acid groups (broad SMARTS) is 1. The summed E-state index contributed by atoms with van der Waals surface area (Å²) in [4.78, 5) is 27.7. The predicted octanol–water partition coefficient (Wildman–Crippen LogP) is 2.83. The average Bonchev–Trinajstić information content (AvgIpc) is 2.82. The Balaban J connectivity index is 2.45. The van der Waals surface area contributed by atoms with E-state index in [9.17, 15) is 28.2 Å². The largest absolute Gasteiger partial charge is 0.494 e. The molecule has 0 saturated carbocycles. The molecule has 0 aliphatic carbocycles. The number of hydrogen-bond acceptors (Lipinski definition) is 8. The van der Waals surface area contributed by atoms with Crippen molar-refractivity contribution in [2.24, 2.45) is 0 Å². The number of para-hydroxylation sites is 1. The van der Waals surface area contributed by atoms with E-state index < -0.39 is 42.6 Å². The van der Waals surface area contributed by atoms with Crippen molar-refractivity contribution in [3.05, 3.63) is 64.2 Å². The lowest BCUT2D eigenvalue weighted by molar-refractivity contribution is 0.0692. The monoisotopic (exact) mass is 488 g/mol. The van der Waals surface area contributed by atoms with Crippen molar-refractivity contribution in [1.82, 2.24) is 9.55 Å². The minimum atomic E-state index is -4.79. The van der Waals surface area contributed by atoms with Gasteiger partial charge < -0.3 is 19.7 Å². The predicted molar refractivity (Wildman–Crippen MR) is 122 cm³/mol. The van der Waals surface area contributed by atoms with Crippen LogP contribution in [0, 0.1) is 0 Å². The van der Waals surface area contributed by atoms with Crippen LogP contribution >= 0.6 is 0 Å². The molecule has 11 heteroatoms. The minimum Gasteiger partial charge on any atom is -0.494 e. The number of unbranched alkanes of at least 4 members (excludes halogenated alkanes) is 1. The highest BCUT2D eigenvalue weighted by Gasteiger charge is 2.33. The van der Waals surface area contributed by atoms with Gasteiger partial charge in [0.15, 0.2) is 4.90 Å². The van der Waals surface area contributed by atoms with Crippen molar-refractivity contribution in [3.8, 4) is 23.1 Å². The number of methoxy groups -OCH3 is 2. The number of aromatic carboxylic acids is 1. The van der Waals surface area contributed by atoms with Crippen molar-refractivity contribution in [1.29, 1.82) is 0 Å². The minimum absolute atomic E-state index is 0.0950. The highest BCUT2D eigenvalue weighted by Crippen LogP contribution is 2.34. The zero-order valence-corrected chi connectivity index (χ0v) is 19.6. The Labute approximate surface area is 196 Å². The van der Waals surface area contributed by atoms with E-state index in [0.29, 0.717) is 6.42 Å². The van der Waals surface area contributed by atoms with E-state index in [2.05, 4.69) is 4.98 Å². The number of aromatic hydroxyl groups is 1. The van der Waals surface area contributed by atoms with E-state index in [4.69, 9.17) is 9.47 Å². The molecule has 1 aromatic heterocycles. The van der Waals surface area contributed by atoms with Crippen molar-refractivity contribution in [2.45, 2.75) is 36.0 Å². The van der Waals surface area contributed by atoms with Gasteiger partial charge in [0.1, 0.15) is 23.0 Å². The normalized spacial score (nSPS) is 11.3. The molecule has 0 bridgehead atoms. The molecule has 0 atom stereocenters. The van der Waals surface area contributed by atoms with Crippen molar-refractivity contribution < 1.29 is 32.9 Å². The Morgan fingerprint density at radius 3 is 2.24 bits per heavy atom. The van der Waals surface area contributed by atoms with Crippen LogP contribution in [0.5, 0.6) is 17.4 Å². The Morgan fingerprint density at radius 1 is 1.06 bits per heavy atom. The molecule has 2 N–H and O–H groups in total. The Kier molecular flexibility index (Phi) is 7.26. The number of carbonyl (C=O) groups is 1. The maximum Gasteiger partial charge on any atom is 0.337 e. The van der Waals surface area contributed by atoms with Gasteiger partial charge in [0.2, 0.25) is 15.7 Å². The summed E-state index contributed by atoms with van der Waals surface area (Å²) < 4.78 is 38.8. The summed E-state index contributed by atoms with van der Waals surface area (Å²) in [6.45, 7) is 1.92. The number of aromatic nitrogens is 2. The van der Waals surface area contributed by atoms with Crippen LogP contribution in [0.4, 0.5) is 0 Å². The highest BCUT2D eigenvalue weighted by molar-refractivity contribution is 7.91. The number of carboxylic acids is 1. The molecule has 0 spiro atoms. The van der Waals surface area contributed by atoms with Gasteiger partial charge in [-0.25, -0.2) is 13.2 Å². The van der Waals surface area contributed by atoms with E-state index in [1.807, 2.05) is 6.92 Å². The number of ether oxygens (including phenoxy) is 2. The number of aryl methyl sites for hydroxylation is 1. The molecular formula is C23H24N2O8S. The van der Waals surface area contributed by atoms with E-state index in [1.165, 1.54) is 26.4 Å². The van der Waals surface area contributed by atoms with E-state index in [1.54, 1.807) is 18.2 Å². The van der Waals surface area contributed by atoms with E-state index in [0.717, 1.165) is 23.1 Å². The molecule has 180 valence electrons. The van der Waals surface area contributed by atoms with Crippen LogP contribution in [0.3, 0.4) is 0 Å². The summed E-state index contributed by atoms with van der Waals surface area (Å²) in [5.41, 5.74) is -1.54. The van der Waals surface area contributed by atoms with Gasteiger partial charge in [-0.1, -0.05) is 31.5 Å². The molecule has 0 saturated heterocycles. The molecule has 0 unspecified atom stereocenters. The zero-order valence-electron chi connectivity index (χ0n) is 18.8. The molecule has 0 fully saturated rings. The Morgan fingerprint density at radius 2 is 1.68 bits per heavy atom. The smallest absolute Gasteiger partial charge is 0.337 e. The topological polar surface area (TPSA) is 145 Å². The molecule has 2 aromatic carbocycles. The molecule has 3 rings (SSSR count). The third-order valence-corrected chi connectivity index (χ3v) is 6.98. The van der Waals surface area contributed by atoms with Gasteiger partial charge in [0.25, 0.3) is 5.56 Å². The first-order valence-corrected chi connectivity index (χ1v) is 11.8. The fraction of sp³-hybridized carbons (Fsp3) is 0.261. The van der Waals surface area contributed by atoms with Crippen molar-refractivity contribution in [3.63, 3.8) is 0 Å². The summed E-state index contributed by atoms with van der Waals surface area (Å²) in [5.74, 6) is -2.00. The zero-order chi connectivity index (χ0) is 25.0. The fourth-order valence-electron chi connectivity index (χ4n) is 3.55. The van der Waals surface area contributed by atoms with Crippen LogP contribution in [0.15, 0.2) is 57.1 Å². The fourth-order valence-corrected chi connectivity index (χ4v) is 5.08. The number of hydrogen-bond donors (Lipinski definition) is 2. The second kappa shape index (κ2) is 9.96. The lowest BCUT2D eigenvalue weighted by Gasteiger charge is -2.19. The molecule has 0 amide bonds. The molecule has 1 heterocycles. The maximum absolute atomic E-state index is 13.7. The second-order valence-electron chi connectivity index (χ2n) is 7.24. The van der Waals surface area contributed by atoms with E-state index >= 15 is 0 Å². The highest BCUT2D eigenvalue weighted by atomic mass is 32.2. The maximum atomic E-state index is 13.7.